The number of pyridine rings is 2. The zero-order chi connectivity index (χ0) is 98.6. The largest absolute Gasteiger partial charge is 1.00 e. The summed E-state index contributed by atoms with van der Waals surface area (Å²) in [5.74, 6) is -0.0389. The van der Waals surface area contributed by atoms with Crippen LogP contribution in [0.25, 0.3) is 50.7 Å². The molecule has 0 bridgehead atoms. The van der Waals surface area contributed by atoms with Crippen molar-refractivity contribution in [2.45, 2.75) is 54.5 Å². The maximum atomic E-state index is 12.1. The average Bonchev–Trinajstić information content (AvgIpc) is 1.35. The molecule has 0 radical (unpaired) electrons. The van der Waals surface area contributed by atoms with Crippen molar-refractivity contribution in [1.29, 1.82) is 10.5 Å². The Kier molecular flexibility index (Phi) is 61.9. The molecule has 10 heterocycles. The molecule has 15 aromatic rings. The summed E-state index contributed by atoms with van der Waals surface area (Å²) < 4.78 is 16.4. The number of nitrogens with zero attached hydrogens (tertiary/aromatic N) is 15. The molecule has 10 aromatic heterocycles. The van der Waals surface area contributed by atoms with Crippen LogP contribution in [0.4, 0.5) is 11.6 Å². The molecule has 52 heteroatoms. The molecule has 34 nitrogen and oxygen atoms in total. The van der Waals surface area contributed by atoms with E-state index in [-0.39, 0.29) is 171 Å². The summed E-state index contributed by atoms with van der Waals surface area (Å²) in [6.45, 7) is 6.84. The number of fused-ring (bicyclic) bond motifs is 3. The minimum atomic E-state index is -3.22. The van der Waals surface area contributed by atoms with E-state index >= 15 is 0 Å². The molecule has 11 N–H and O–H groups in total. The van der Waals surface area contributed by atoms with E-state index in [2.05, 4.69) is 121 Å². The zero-order valence-electron chi connectivity index (χ0n) is 72.7. The number of benzene rings is 5. The van der Waals surface area contributed by atoms with Gasteiger partial charge in [0.1, 0.15) is 18.0 Å². The molecule has 0 aliphatic carbocycles. The predicted octanol–water partition coefficient (Wildman–Crippen LogP) is 16.5. The number of nitrogens with one attached hydrogen (secondary N) is 4. The molecule has 0 spiro atoms. The number of imidazole rings is 5. The number of carboxylic acids is 2. The van der Waals surface area contributed by atoms with Gasteiger partial charge in [-0.3, -0.25) is 47.9 Å². The molecule has 0 saturated heterocycles. The van der Waals surface area contributed by atoms with Crippen molar-refractivity contribution in [1.82, 2.24) is 78.7 Å². The predicted molar refractivity (Wildman–Crippen MR) is 533 cm³/mol. The van der Waals surface area contributed by atoms with Gasteiger partial charge in [-0.15, -0.1) is 0 Å². The van der Waals surface area contributed by atoms with E-state index in [1.165, 1.54) is 36.9 Å². The van der Waals surface area contributed by atoms with E-state index in [1.54, 1.807) is 162 Å². The fraction of sp³-hybridized carbons (Fsp3) is 0.141. The number of ketones is 4. The summed E-state index contributed by atoms with van der Waals surface area (Å²) in [5, 5.41) is 49.3. The Labute approximate surface area is 947 Å². The fourth-order valence-electron chi connectivity index (χ4n) is 10.2. The van der Waals surface area contributed by atoms with Crippen LogP contribution in [0, 0.1) is 22.7 Å². The first-order valence-corrected chi connectivity index (χ1v) is 46.8. The Morgan fingerprint density at radius 3 is 1.42 bits per heavy atom. The standard InChI is InChI=1S/C21H16Cl2N6.C13H10Cl2N2O2.C12H6Cl3N3.C12H7Cl2N3O.C8H5BrCl2O.C8H10N4.C5H6N2O.2C2H4O2.CH2O3.CH4.Cl3OP.2K.H3N.H/c22-15-4-6-17(18(23)10-15)19-13-29-9-8-26-21(29)20(28-19)25-7-1-2-16-5-3-14(11-24)12-27-16;1-8(18)13-16-4-5-17(13)7-12(19)10-3-2-9(14)6-11(10)15;13-7-1-2-8(9(14)5-7)10-6-18-4-3-16-12(18)11(15)17-10;13-7-1-2-8(9(14)5-7)10-6-17-4-3-15-11(17)12(18)16-10;9-4-8(12)6-2-1-5(10)3-7(6)11;9-3-4-11-8-2-1-7(5-10)6-12-8;1-4(8)5-6-2-3-7-5;2*1-2(3)4;2-1-4-3;;1-5(2,3)4;;;;/h3-6,8-10,12-13H,1-2,7H2,(H,25,28);2-6H,7H2,1H3;1-6H;1-6H,(H,16,18);1-3H,4H2;1-2,6H,3-4,9H2,(H,11,12);2-3H,1H3,(H,6,7);2*1H3,(H,3,4);1,3H;1H4;;;;1H3;/q;;;;;;;;;;;;2*+1;;-1/p-1. The molecule has 0 saturated carbocycles. The molecule has 0 unspecified atom stereocenters. The van der Waals surface area contributed by atoms with Crippen LogP contribution in [0.5, 0.6) is 0 Å². The Morgan fingerprint density at radius 2 is 1.01 bits per heavy atom. The number of aromatic nitrogens is 15. The van der Waals surface area contributed by atoms with Gasteiger partial charge >= 0.3 is 108 Å². The number of rotatable bonds is 19. The van der Waals surface area contributed by atoms with Gasteiger partial charge in [-0.1, -0.05) is 151 Å². The normalized spacial score (nSPS) is 9.77. The van der Waals surface area contributed by atoms with Gasteiger partial charge in [0, 0.05) is 199 Å². The van der Waals surface area contributed by atoms with Crippen molar-refractivity contribution in [3.05, 3.63) is 314 Å². The number of aryl methyl sites for hydroxylation is 1. The summed E-state index contributed by atoms with van der Waals surface area (Å²) in [6.07, 6.45) is 26.8. The second kappa shape index (κ2) is 66.7. The number of nitriles is 2. The Bertz CT molecular complexity index is 6660. The van der Waals surface area contributed by atoms with Crippen molar-refractivity contribution >= 4 is 253 Å². The molecule has 0 aliphatic heterocycles. The van der Waals surface area contributed by atoms with Gasteiger partial charge in [-0.05, 0) is 162 Å². The monoisotopic (exact) mass is 2280 g/mol. The summed E-state index contributed by atoms with van der Waals surface area (Å²) >= 11 is 82.5. The van der Waals surface area contributed by atoms with E-state index in [4.69, 9.17) is 179 Å². The van der Waals surface area contributed by atoms with Crippen LogP contribution in [0.15, 0.2) is 213 Å². The van der Waals surface area contributed by atoms with Gasteiger partial charge in [0.2, 0.25) is 5.65 Å². The second-order valence-electron chi connectivity index (χ2n) is 25.5. The van der Waals surface area contributed by atoms with Crippen LogP contribution in [-0.4, -0.2) is 149 Å². The summed E-state index contributed by atoms with van der Waals surface area (Å²) in [4.78, 5) is 129. The topological polar surface area (TPSA) is 525 Å². The van der Waals surface area contributed by atoms with Gasteiger partial charge in [0.15, 0.2) is 57.0 Å². The second-order valence-corrected chi connectivity index (χ2v) is 37.2. The maximum Gasteiger partial charge on any atom is 1.00 e. The molecule has 0 amide bonds. The summed E-state index contributed by atoms with van der Waals surface area (Å²) in [7, 11) is 0. The number of alkyl halides is 1. The van der Waals surface area contributed by atoms with Gasteiger partial charge in [-0.25, -0.2) is 39.9 Å². The SMILES string of the molecule is C.CC(=O)O.CC(=O)O.CC(=O)c1ncc[nH]1.CC(=O)c1nccn1CC(=O)c1ccc(Cl)cc1Cl.Clc1ccc(-c2cn3ccnc3c(Cl)n2)c(Cl)c1.N.N#Cc1ccc(CCCNc2nc(-c3ccc(Cl)cc3Cl)cn3ccnc23)nc1.N#Cc1ccc(NCCN)nc1.O=C(CBr)c1ccc(Cl)cc1Cl.O=CO[O-].O=P(Cl)(Cl)Cl.O=c1[nH]c(-c2ccc(Cl)cc2Cl)cn2ccnc12.[H-].[K+].[K+]. The smallest absolute Gasteiger partial charge is 1.00 e. The fourth-order valence-corrected chi connectivity index (χ4v) is 13.3. The first kappa shape index (κ1) is 127. The number of hydrogen-bond acceptors (Lipinski definition) is 26. The van der Waals surface area contributed by atoms with Crippen molar-refractivity contribution < 1.29 is 163 Å². The number of aromatic amines is 2. The number of anilines is 2. The van der Waals surface area contributed by atoms with E-state index < -0.39 is 17.1 Å². The van der Waals surface area contributed by atoms with Crippen LogP contribution >= 0.6 is 182 Å². The van der Waals surface area contributed by atoms with Crippen LogP contribution in [0.2, 0.25) is 55.4 Å². The Hall–Kier alpha value is -7.93. The number of H-pyrrole nitrogens is 2. The van der Waals surface area contributed by atoms with Crippen LogP contribution in [0.1, 0.15) is 102 Å². The molecule has 712 valence electrons. The zero-order valence-corrected chi connectivity index (χ0v) is 91.0. The van der Waals surface area contributed by atoms with E-state index in [9.17, 15) is 28.5 Å². The first-order valence-electron chi connectivity index (χ1n) is 37.1. The van der Waals surface area contributed by atoms with Crippen molar-refractivity contribution in [3.8, 4) is 45.9 Å². The van der Waals surface area contributed by atoms with Gasteiger partial charge in [0.25, 0.3) is 24.0 Å². The van der Waals surface area contributed by atoms with E-state index in [0.717, 1.165) is 60.7 Å². The third-order valence-corrected chi connectivity index (χ3v) is 19.2. The third-order valence-electron chi connectivity index (χ3n) is 15.7. The molecule has 5 aromatic carbocycles. The minimum Gasteiger partial charge on any atom is -1.00 e. The Balaban J connectivity index is 0.00000157. The van der Waals surface area contributed by atoms with Gasteiger partial charge in [0.05, 0.1) is 65.2 Å². The van der Waals surface area contributed by atoms with Crippen molar-refractivity contribution in [3.63, 3.8) is 0 Å². The molecular formula is C85H77BrCl14K2N21O13P. The van der Waals surface area contributed by atoms with E-state index in [1.807, 2.05) is 47.3 Å². The minimum absolute atomic E-state index is 0. The molecule has 0 aliphatic rings. The number of carboxylic acid groups (broad SMARTS) is 2. The molecule has 137 heavy (non-hydrogen) atoms. The third kappa shape index (κ3) is 46.1. The summed E-state index contributed by atoms with van der Waals surface area (Å²) in [5.41, 5.74) is 14.0. The number of hydrogen-bond donors (Lipinski definition) is 8. The quantitative estimate of drug-likeness (QED) is 0.00545. The molecule has 0 fully saturated rings. The molecule has 15 rings (SSSR count). The number of halogens is 15. The number of carbonyl (C=O) groups is 7. The molecular weight excluding hydrogens is 2210 g/mol. The van der Waals surface area contributed by atoms with Crippen LogP contribution in [0.3, 0.4) is 0 Å². The van der Waals surface area contributed by atoms with Gasteiger partial charge in [-0.2, -0.15) is 10.5 Å². The van der Waals surface area contributed by atoms with Crippen molar-refractivity contribution in [2.24, 2.45) is 5.73 Å². The average molecular weight is 2290 g/mol. The number of Topliss-reactive ketones (excluding diaryl/α,β-unsaturated/α-hetero) is 4. The maximum absolute atomic E-state index is 12.1. The number of carbonyl (C=O) groups excluding carboxylic acids is 5. The van der Waals surface area contributed by atoms with E-state index in [0.29, 0.717) is 137 Å². The van der Waals surface area contributed by atoms with Crippen LogP contribution in [-0.2, 0) is 36.8 Å². The van der Waals surface area contributed by atoms with Crippen molar-refractivity contribution in [2.75, 3.05) is 35.6 Å². The molecule has 0 atom stereocenters. The first-order chi connectivity index (χ1) is 63.1. The van der Waals surface area contributed by atoms with Gasteiger partial charge < -0.3 is 72.0 Å². The van der Waals surface area contributed by atoms with Crippen LogP contribution < -0.4 is 136 Å². The number of aliphatic carboxylic acids is 2. The Morgan fingerprint density at radius 1 is 0.569 bits per heavy atom. The number of nitrogens with two attached hydrogens (primary N) is 1. The summed E-state index contributed by atoms with van der Waals surface area (Å²) in [6, 6.07) is 36.4.